The molecule has 1 aliphatic heterocycles. The highest BCUT2D eigenvalue weighted by atomic mass is 35.5. The van der Waals surface area contributed by atoms with E-state index >= 15 is 0 Å². The van der Waals surface area contributed by atoms with Gasteiger partial charge in [0.05, 0.1) is 33.8 Å². The molecule has 1 heterocycles. The summed E-state index contributed by atoms with van der Waals surface area (Å²) < 4.78 is 18.7. The first kappa shape index (κ1) is 23.1. The number of ketones is 1. The Morgan fingerprint density at radius 3 is 2.24 bits per heavy atom. The van der Waals surface area contributed by atoms with E-state index in [-0.39, 0.29) is 32.6 Å². The van der Waals surface area contributed by atoms with Crippen LogP contribution in [-0.2, 0) is 9.59 Å². The number of rotatable bonds is 4. The molecule has 4 rings (SSSR count). The molecule has 168 valence electrons. The van der Waals surface area contributed by atoms with E-state index in [1.54, 1.807) is 6.07 Å². The summed E-state index contributed by atoms with van der Waals surface area (Å²) in [7, 11) is 1.41. The molecule has 33 heavy (non-hydrogen) atoms. The van der Waals surface area contributed by atoms with Gasteiger partial charge in [-0.2, -0.15) is 0 Å². The number of Topliss-reactive ketones (excluding diaryl/α,β-unsaturated/α-hetero) is 1. The quantitative estimate of drug-likeness (QED) is 0.252. The molecule has 0 radical (unpaired) electrons. The van der Waals surface area contributed by atoms with Crippen LogP contribution >= 0.6 is 34.8 Å². The summed E-state index contributed by atoms with van der Waals surface area (Å²) in [4.78, 5) is 27.4. The van der Waals surface area contributed by atoms with Gasteiger partial charge in [0, 0.05) is 11.3 Å². The van der Waals surface area contributed by atoms with E-state index < -0.39 is 29.3 Å². The van der Waals surface area contributed by atoms with E-state index in [0.717, 1.165) is 0 Å². The summed E-state index contributed by atoms with van der Waals surface area (Å²) in [6.45, 7) is 0. The number of ether oxygens (including phenoxy) is 1. The lowest BCUT2D eigenvalue weighted by atomic mass is 9.95. The number of aliphatic hydroxyl groups is 1. The highest BCUT2D eigenvalue weighted by molar-refractivity contribution is 6.52. The van der Waals surface area contributed by atoms with Crippen LogP contribution in [0.5, 0.6) is 5.75 Å². The maximum Gasteiger partial charge on any atom is 0.300 e. The molecule has 0 spiro atoms. The number of benzene rings is 3. The fourth-order valence-corrected chi connectivity index (χ4v) is 4.16. The number of nitrogens with zero attached hydrogens (tertiary/aromatic N) is 1. The fraction of sp³-hybridized carbons (Fsp3) is 0.0833. The van der Waals surface area contributed by atoms with Crippen LogP contribution in [0.3, 0.4) is 0 Å². The Morgan fingerprint density at radius 2 is 1.61 bits per heavy atom. The Hall–Kier alpha value is -3.06. The van der Waals surface area contributed by atoms with Gasteiger partial charge in [-0.25, -0.2) is 4.39 Å². The molecule has 0 saturated carbocycles. The summed E-state index contributed by atoms with van der Waals surface area (Å²) in [5, 5.41) is 11.9. The van der Waals surface area contributed by atoms with Crippen molar-refractivity contribution < 1.29 is 23.8 Å². The van der Waals surface area contributed by atoms with Gasteiger partial charge < -0.3 is 9.84 Å². The van der Waals surface area contributed by atoms with Gasteiger partial charge in [-0.15, -0.1) is 0 Å². The molecule has 5 nitrogen and oxygen atoms in total. The summed E-state index contributed by atoms with van der Waals surface area (Å²) in [5.41, 5.74) is 0.739. The summed E-state index contributed by atoms with van der Waals surface area (Å²) in [6.07, 6.45) is 0. The molecule has 1 N–H and O–H groups in total. The molecule has 1 unspecified atom stereocenters. The van der Waals surface area contributed by atoms with Crippen molar-refractivity contribution >= 4 is 57.9 Å². The molecular weight excluding hydrogens is 492 g/mol. The Labute approximate surface area is 203 Å². The van der Waals surface area contributed by atoms with Gasteiger partial charge >= 0.3 is 0 Å². The minimum atomic E-state index is -1.05. The lowest BCUT2D eigenvalue weighted by Crippen LogP contribution is -2.29. The fourth-order valence-electron chi connectivity index (χ4n) is 3.66. The molecule has 1 fully saturated rings. The van der Waals surface area contributed by atoms with Crippen LogP contribution in [0.1, 0.15) is 17.2 Å². The van der Waals surface area contributed by atoms with Crippen LogP contribution in [-0.4, -0.2) is 23.9 Å². The van der Waals surface area contributed by atoms with Crippen LogP contribution < -0.4 is 9.64 Å². The van der Waals surface area contributed by atoms with E-state index in [0.29, 0.717) is 10.6 Å². The molecule has 1 aliphatic rings. The van der Waals surface area contributed by atoms with Crippen molar-refractivity contribution in [3.63, 3.8) is 0 Å². The zero-order valence-corrected chi connectivity index (χ0v) is 19.2. The Balaban J connectivity index is 1.96. The van der Waals surface area contributed by atoms with Crippen molar-refractivity contribution in [1.29, 1.82) is 0 Å². The number of aliphatic hydroxyl groups excluding tert-OH is 1. The summed E-state index contributed by atoms with van der Waals surface area (Å²) in [5.74, 6) is -2.46. The second-order valence-corrected chi connectivity index (χ2v) is 8.39. The van der Waals surface area contributed by atoms with Crippen LogP contribution in [0, 0.1) is 5.82 Å². The SMILES string of the molecule is COc1cc(/C(O)=C2/C(=O)C(=O)N(c3ccc(F)cc3)C2c2ccc(Cl)c(Cl)c2)ccc1Cl. The van der Waals surface area contributed by atoms with Crippen LogP contribution in [0.4, 0.5) is 10.1 Å². The molecule has 1 atom stereocenters. The number of carbonyl (C=O) groups excluding carboxylic acids is 2. The third-order valence-corrected chi connectivity index (χ3v) is 6.28. The summed E-state index contributed by atoms with van der Waals surface area (Å²) >= 11 is 18.3. The van der Waals surface area contributed by atoms with Gasteiger partial charge in [0.25, 0.3) is 11.7 Å². The molecule has 1 saturated heterocycles. The van der Waals surface area contributed by atoms with Crippen molar-refractivity contribution in [3.05, 3.63) is 98.2 Å². The number of hydrogen-bond acceptors (Lipinski definition) is 4. The van der Waals surface area contributed by atoms with Gasteiger partial charge in [0.1, 0.15) is 17.3 Å². The largest absolute Gasteiger partial charge is 0.507 e. The number of amides is 1. The minimum absolute atomic E-state index is 0.174. The molecule has 1 amide bonds. The predicted molar refractivity (Wildman–Crippen MR) is 126 cm³/mol. The summed E-state index contributed by atoms with van der Waals surface area (Å²) in [6, 6.07) is 13.1. The third kappa shape index (κ3) is 4.17. The molecular formula is C24H15Cl3FNO4. The van der Waals surface area contributed by atoms with E-state index in [9.17, 15) is 19.1 Å². The Bertz CT molecular complexity index is 1310. The number of hydrogen-bond donors (Lipinski definition) is 1. The number of anilines is 1. The van der Waals surface area contributed by atoms with E-state index in [4.69, 9.17) is 39.5 Å². The zero-order chi connectivity index (χ0) is 23.9. The average Bonchev–Trinajstić information content (AvgIpc) is 3.06. The highest BCUT2D eigenvalue weighted by Gasteiger charge is 2.47. The normalized spacial score (nSPS) is 17.5. The van der Waals surface area contributed by atoms with Crippen LogP contribution in [0.15, 0.2) is 66.2 Å². The smallest absolute Gasteiger partial charge is 0.300 e. The van der Waals surface area contributed by atoms with Crippen LogP contribution in [0.25, 0.3) is 5.76 Å². The molecule has 9 heteroatoms. The van der Waals surface area contributed by atoms with Gasteiger partial charge in [0.2, 0.25) is 0 Å². The zero-order valence-electron chi connectivity index (χ0n) is 17.0. The van der Waals surface area contributed by atoms with E-state index in [2.05, 4.69) is 0 Å². The van der Waals surface area contributed by atoms with Gasteiger partial charge in [0.15, 0.2) is 0 Å². The Morgan fingerprint density at radius 1 is 0.939 bits per heavy atom. The minimum Gasteiger partial charge on any atom is -0.507 e. The van der Waals surface area contributed by atoms with Crippen molar-refractivity contribution in [2.45, 2.75) is 6.04 Å². The molecule has 3 aromatic rings. The van der Waals surface area contributed by atoms with Crippen molar-refractivity contribution in [2.24, 2.45) is 0 Å². The molecule has 0 aliphatic carbocycles. The number of methoxy groups -OCH3 is 1. The van der Waals surface area contributed by atoms with Crippen molar-refractivity contribution in [2.75, 3.05) is 12.0 Å². The third-order valence-electron chi connectivity index (χ3n) is 5.23. The van der Waals surface area contributed by atoms with Gasteiger partial charge in [-0.1, -0.05) is 40.9 Å². The van der Waals surface area contributed by atoms with Gasteiger partial charge in [-0.05, 0) is 60.2 Å². The standard InChI is InChI=1S/C24H15Cl3FNO4/c1-33-19-11-13(3-9-17(19)26)22(30)20-21(12-2-8-16(25)18(27)10-12)29(24(32)23(20)31)15-6-4-14(28)5-7-15/h2-11,21,30H,1H3/b22-20-. The Kier molecular flexibility index (Phi) is 6.34. The maximum absolute atomic E-state index is 13.5. The first-order valence-electron chi connectivity index (χ1n) is 9.58. The first-order valence-corrected chi connectivity index (χ1v) is 10.7. The van der Waals surface area contributed by atoms with Crippen molar-refractivity contribution in [1.82, 2.24) is 0 Å². The monoisotopic (exact) mass is 505 g/mol. The lowest BCUT2D eigenvalue weighted by Gasteiger charge is -2.25. The highest BCUT2D eigenvalue weighted by Crippen LogP contribution is 2.43. The topological polar surface area (TPSA) is 66.8 Å². The second-order valence-electron chi connectivity index (χ2n) is 7.17. The lowest BCUT2D eigenvalue weighted by molar-refractivity contribution is -0.132. The number of carbonyl (C=O) groups is 2. The van der Waals surface area contributed by atoms with E-state index in [1.165, 1.54) is 66.6 Å². The van der Waals surface area contributed by atoms with Crippen molar-refractivity contribution in [3.8, 4) is 5.75 Å². The van der Waals surface area contributed by atoms with Crippen LogP contribution in [0.2, 0.25) is 15.1 Å². The molecule has 3 aromatic carbocycles. The first-order chi connectivity index (χ1) is 15.7. The predicted octanol–water partition coefficient (Wildman–Crippen LogP) is 6.42. The van der Waals surface area contributed by atoms with E-state index in [1.807, 2.05) is 0 Å². The molecule has 0 bridgehead atoms. The van der Waals surface area contributed by atoms with Gasteiger partial charge in [-0.3, -0.25) is 14.5 Å². The molecule has 0 aromatic heterocycles. The average molecular weight is 507 g/mol. The second kappa shape index (κ2) is 9.06. The maximum atomic E-state index is 13.5. The number of halogens is 4.